The van der Waals surface area contributed by atoms with Gasteiger partial charge in [-0.15, -0.1) is 0 Å². The second kappa shape index (κ2) is 6.56. The number of carbonyl (C=O) groups is 1. The van der Waals surface area contributed by atoms with E-state index in [1.807, 2.05) is 39.8 Å². The van der Waals surface area contributed by atoms with Gasteiger partial charge in [0.2, 0.25) is 5.91 Å². The number of aryl methyl sites for hydroxylation is 1. The van der Waals surface area contributed by atoms with Gasteiger partial charge in [0, 0.05) is 50.2 Å². The molecule has 1 fully saturated rings. The van der Waals surface area contributed by atoms with Crippen molar-refractivity contribution in [1.82, 2.24) is 24.5 Å². The van der Waals surface area contributed by atoms with Crippen molar-refractivity contribution in [3.8, 4) is 0 Å². The molecular formula is C17H25N5O. The summed E-state index contributed by atoms with van der Waals surface area (Å²) in [6.07, 6.45) is 6.32. The molecule has 3 heterocycles. The topological polar surface area (TPSA) is 56.0 Å². The number of piperidine rings is 1. The molecular weight excluding hydrogens is 290 g/mol. The van der Waals surface area contributed by atoms with E-state index in [-0.39, 0.29) is 5.91 Å². The molecule has 2 aromatic heterocycles. The van der Waals surface area contributed by atoms with E-state index in [1.165, 1.54) is 5.69 Å². The standard InChI is InChI=1S/C17H25N5O/c1-13(2)22-10-7-15(19-22)11-17(23)21-9-4-5-14(12-21)16-6-8-18-20(16)3/h6-8,10,13-14H,4-5,9,11-12H2,1-3H3. The summed E-state index contributed by atoms with van der Waals surface area (Å²) < 4.78 is 3.82. The molecule has 1 aliphatic heterocycles. The van der Waals surface area contributed by atoms with Crippen LogP contribution in [0.25, 0.3) is 0 Å². The molecule has 1 amide bonds. The first-order valence-electron chi connectivity index (χ1n) is 8.34. The zero-order chi connectivity index (χ0) is 16.4. The smallest absolute Gasteiger partial charge is 0.228 e. The molecule has 0 bridgehead atoms. The first kappa shape index (κ1) is 15.8. The first-order chi connectivity index (χ1) is 11.0. The van der Waals surface area contributed by atoms with E-state index in [4.69, 9.17) is 0 Å². The molecule has 0 aromatic carbocycles. The molecule has 1 saturated heterocycles. The summed E-state index contributed by atoms with van der Waals surface area (Å²) in [5.41, 5.74) is 2.07. The van der Waals surface area contributed by atoms with E-state index in [1.54, 1.807) is 0 Å². The highest BCUT2D eigenvalue weighted by atomic mass is 16.2. The third-order valence-electron chi connectivity index (χ3n) is 4.58. The Morgan fingerprint density at radius 3 is 2.87 bits per heavy atom. The monoisotopic (exact) mass is 315 g/mol. The number of hydrogen-bond donors (Lipinski definition) is 0. The van der Waals surface area contributed by atoms with E-state index in [0.717, 1.165) is 31.6 Å². The molecule has 0 spiro atoms. The van der Waals surface area contributed by atoms with Crippen LogP contribution in [0.3, 0.4) is 0 Å². The Bertz CT molecular complexity index is 672. The van der Waals surface area contributed by atoms with Crippen molar-refractivity contribution in [1.29, 1.82) is 0 Å². The van der Waals surface area contributed by atoms with Crippen molar-refractivity contribution in [2.75, 3.05) is 13.1 Å². The predicted octanol–water partition coefficient (Wildman–Crippen LogP) is 2.15. The summed E-state index contributed by atoms with van der Waals surface area (Å²) in [4.78, 5) is 14.6. The zero-order valence-corrected chi connectivity index (χ0v) is 14.1. The molecule has 1 atom stereocenters. The maximum Gasteiger partial charge on any atom is 0.228 e. The Hall–Kier alpha value is -2.11. The van der Waals surface area contributed by atoms with Crippen LogP contribution in [0.5, 0.6) is 0 Å². The Labute approximate surface area is 137 Å². The first-order valence-corrected chi connectivity index (χ1v) is 8.34. The molecule has 3 rings (SSSR count). The lowest BCUT2D eigenvalue weighted by Crippen LogP contribution is -2.40. The van der Waals surface area contributed by atoms with Gasteiger partial charge in [-0.1, -0.05) is 0 Å². The van der Waals surface area contributed by atoms with Crippen LogP contribution < -0.4 is 0 Å². The lowest BCUT2D eigenvalue weighted by Gasteiger charge is -2.32. The van der Waals surface area contributed by atoms with Crippen molar-refractivity contribution in [3.63, 3.8) is 0 Å². The van der Waals surface area contributed by atoms with Crippen molar-refractivity contribution in [2.45, 2.75) is 45.1 Å². The number of carbonyl (C=O) groups excluding carboxylic acids is 1. The van der Waals surface area contributed by atoms with Crippen LogP contribution in [-0.2, 0) is 18.3 Å². The van der Waals surface area contributed by atoms with Gasteiger partial charge in [0.25, 0.3) is 0 Å². The van der Waals surface area contributed by atoms with Crippen LogP contribution in [0, 0.1) is 0 Å². The Balaban J connectivity index is 1.63. The molecule has 0 aliphatic carbocycles. The number of amides is 1. The van der Waals surface area contributed by atoms with Gasteiger partial charge >= 0.3 is 0 Å². The van der Waals surface area contributed by atoms with Gasteiger partial charge in [-0.2, -0.15) is 10.2 Å². The maximum atomic E-state index is 12.6. The van der Waals surface area contributed by atoms with Crippen molar-refractivity contribution in [3.05, 3.63) is 35.9 Å². The molecule has 124 valence electrons. The Morgan fingerprint density at radius 2 is 2.22 bits per heavy atom. The highest BCUT2D eigenvalue weighted by molar-refractivity contribution is 5.78. The van der Waals surface area contributed by atoms with Crippen LogP contribution in [-0.4, -0.2) is 43.5 Å². The fraction of sp³-hybridized carbons (Fsp3) is 0.588. The second-order valence-corrected chi connectivity index (χ2v) is 6.62. The average Bonchev–Trinajstić information content (AvgIpc) is 3.16. The van der Waals surface area contributed by atoms with Crippen LogP contribution >= 0.6 is 0 Å². The Morgan fingerprint density at radius 1 is 1.39 bits per heavy atom. The number of nitrogens with zero attached hydrogens (tertiary/aromatic N) is 5. The molecule has 2 aromatic rings. The SMILES string of the molecule is CC(C)n1ccc(CC(=O)N2CCCC(c3ccnn3C)C2)n1. The van der Waals surface area contributed by atoms with E-state index in [2.05, 4.69) is 30.1 Å². The van der Waals surface area contributed by atoms with E-state index >= 15 is 0 Å². The molecule has 23 heavy (non-hydrogen) atoms. The number of hydrogen-bond acceptors (Lipinski definition) is 3. The summed E-state index contributed by atoms with van der Waals surface area (Å²) in [7, 11) is 1.97. The maximum absolute atomic E-state index is 12.6. The molecule has 0 saturated carbocycles. The third-order valence-corrected chi connectivity index (χ3v) is 4.58. The minimum absolute atomic E-state index is 0.172. The van der Waals surface area contributed by atoms with Gasteiger partial charge in [0.05, 0.1) is 12.1 Å². The second-order valence-electron chi connectivity index (χ2n) is 6.62. The lowest BCUT2D eigenvalue weighted by atomic mass is 9.94. The fourth-order valence-corrected chi connectivity index (χ4v) is 3.26. The summed E-state index contributed by atoms with van der Waals surface area (Å²) in [6, 6.07) is 4.33. The van der Waals surface area contributed by atoms with Crippen molar-refractivity contribution >= 4 is 5.91 Å². The molecule has 1 aliphatic rings. The third kappa shape index (κ3) is 3.46. The Kier molecular flexibility index (Phi) is 4.50. The average molecular weight is 315 g/mol. The summed E-state index contributed by atoms with van der Waals surface area (Å²) >= 11 is 0. The van der Waals surface area contributed by atoms with Gasteiger partial charge in [0.1, 0.15) is 0 Å². The summed E-state index contributed by atoms with van der Waals surface area (Å²) in [6.45, 7) is 5.80. The zero-order valence-electron chi connectivity index (χ0n) is 14.1. The van der Waals surface area contributed by atoms with Gasteiger partial charge in [-0.3, -0.25) is 14.2 Å². The summed E-state index contributed by atoms with van der Waals surface area (Å²) in [5, 5.41) is 8.73. The minimum atomic E-state index is 0.172. The molecule has 0 radical (unpaired) electrons. The van der Waals surface area contributed by atoms with E-state index in [9.17, 15) is 4.79 Å². The quantitative estimate of drug-likeness (QED) is 0.868. The predicted molar refractivity (Wildman–Crippen MR) is 88.1 cm³/mol. The fourth-order valence-electron chi connectivity index (χ4n) is 3.26. The molecule has 6 nitrogen and oxygen atoms in total. The molecule has 0 N–H and O–H groups in total. The van der Waals surface area contributed by atoms with Gasteiger partial charge in [-0.05, 0) is 38.8 Å². The van der Waals surface area contributed by atoms with Crippen LogP contribution in [0.1, 0.15) is 50.0 Å². The van der Waals surface area contributed by atoms with Crippen LogP contribution in [0.4, 0.5) is 0 Å². The van der Waals surface area contributed by atoms with Gasteiger partial charge in [0.15, 0.2) is 0 Å². The van der Waals surface area contributed by atoms with Crippen LogP contribution in [0.15, 0.2) is 24.5 Å². The van der Waals surface area contributed by atoms with Crippen LogP contribution in [0.2, 0.25) is 0 Å². The molecule has 1 unspecified atom stereocenters. The van der Waals surface area contributed by atoms with Gasteiger partial charge in [-0.25, -0.2) is 0 Å². The lowest BCUT2D eigenvalue weighted by molar-refractivity contribution is -0.131. The number of aromatic nitrogens is 4. The minimum Gasteiger partial charge on any atom is -0.342 e. The highest BCUT2D eigenvalue weighted by Crippen LogP contribution is 2.26. The normalized spacial score (nSPS) is 18.6. The van der Waals surface area contributed by atoms with E-state index in [0.29, 0.717) is 18.4 Å². The van der Waals surface area contributed by atoms with Crippen molar-refractivity contribution in [2.24, 2.45) is 7.05 Å². The number of rotatable bonds is 4. The largest absolute Gasteiger partial charge is 0.342 e. The van der Waals surface area contributed by atoms with Gasteiger partial charge < -0.3 is 4.90 Å². The summed E-state index contributed by atoms with van der Waals surface area (Å²) in [5.74, 6) is 0.555. The van der Waals surface area contributed by atoms with E-state index < -0.39 is 0 Å². The van der Waals surface area contributed by atoms with Crippen molar-refractivity contribution < 1.29 is 4.79 Å². The number of likely N-dealkylation sites (tertiary alicyclic amines) is 1. The highest BCUT2D eigenvalue weighted by Gasteiger charge is 2.26. The molecule has 6 heteroatoms.